The van der Waals surface area contributed by atoms with Gasteiger partial charge in [0.05, 0.1) is 0 Å². The second kappa shape index (κ2) is 3.97. The van der Waals surface area contributed by atoms with Crippen LogP contribution in [0.4, 0.5) is 0 Å². The van der Waals surface area contributed by atoms with Gasteiger partial charge in [-0.1, -0.05) is 48.9 Å². The molecule has 0 unspecified atom stereocenters. The van der Waals surface area contributed by atoms with Gasteiger partial charge in [0.15, 0.2) is 0 Å². The summed E-state index contributed by atoms with van der Waals surface area (Å²) in [6.07, 6.45) is 3.36. The van der Waals surface area contributed by atoms with E-state index in [2.05, 4.69) is 44.2 Å². The molecule has 0 radical (unpaired) electrons. The fraction of sp³-hybridized carbons (Fsp3) is 0.273. The maximum Gasteiger partial charge on any atom is -0.0257 e. The monoisotopic (exact) mass is 146 g/mol. The average molecular weight is 146 g/mol. The molecule has 0 fully saturated rings. The minimum absolute atomic E-state index is 1.13. The Morgan fingerprint density at radius 1 is 1.27 bits per heavy atom. The van der Waals surface area contributed by atoms with E-state index in [1.807, 2.05) is 6.07 Å². The van der Waals surface area contributed by atoms with Crippen LogP contribution in [-0.4, -0.2) is 0 Å². The molecule has 0 aromatic heterocycles. The molecule has 1 aromatic carbocycles. The quantitative estimate of drug-likeness (QED) is 0.599. The van der Waals surface area contributed by atoms with Gasteiger partial charge in [0.2, 0.25) is 0 Å². The van der Waals surface area contributed by atoms with Crippen LogP contribution in [0.2, 0.25) is 0 Å². The first kappa shape index (κ1) is 8.06. The van der Waals surface area contributed by atoms with Crippen molar-refractivity contribution >= 4 is 6.08 Å². The van der Waals surface area contributed by atoms with Crippen LogP contribution < -0.4 is 0 Å². The van der Waals surface area contributed by atoms with Crippen LogP contribution in [0.3, 0.4) is 0 Å². The molecule has 1 rings (SSSR count). The number of benzene rings is 1. The molecule has 0 atom stereocenters. The molecule has 0 amide bonds. The number of hydrogen-bond acceptors (Lipinski definition) is 0. The van der Waals surface area contributed by atoms with E-state index in [9.17, 15) is 0 Å². The molecule has 1 aromatic rings. The Hall–Kier alpha value is -1.04. The molecule has 0 saturated heterocycles. The van der Waals surface area contributed by atoms with Crippen molar-refractivity contribution in [1.82, 2.24) is 0 Å². The number of hydrogen-bond donors (Lipinski definition) is 0. The van der Waals surface area contributed by atoms with Gasteiger partial charge in [-0.2, -0.15) is 0 Å². The summed E-state index contributed by atoms with van der Waals surface area (Å²) >= 11 is 0. The van der Waals surface area contributed by atoms with Crippen LogP contribution in [0.1, 0.15) is 25.8 Å². The van der Waals surface area contributed by atoms with Gasteiger partial charge in [0.25, 0.3) is 0 Å². The van der Waals surface area contributed by atoms with Gasteiger partial charge in [-0.05, 0) is 18.9 Å². The first-order chi connectivity index (χ1) is 5.33. The van der Waals surface area contributed by atoms with Crippen LogP contribution in [0, 0.1) is 0 Å². The molecule has 0 saturated carbocycles. The molecule has 0 bridgehead atoms. The standard InChI is InChI=1S/C11H14/c1-3-10(2)9-11-7-5-4-6-8-11/h4-9H,3H2,1-2H3/b10-9-. The lowest BCUT2D eigenvalue weighted by atomic mass is 10.1. The largest absolute Gasteiger partial charge is 0.0730 e. The van der Waals surface area contributed by atoms with Crippen LogP contribution in [0.25, 0.3) is 6.08 Å². The van der Waals surface area contributed by atoms with E-state index in [4.69, 9.17) is 0 Å². The summed E-state index contributed by atoms with van der Waals surface area (Å²) in [5.74, 6) is 0. The summed E-state index contributed by atoms with van der Waals surface area (Å²) in [6.45, 7) is 4.34. The topological polar surface area (TPSA) is 0 Å². The highest BCUT2D eigenvalue weighted by molar-refractivity contribution is 5.51. The van der Waals surface area contributed by atoms with Crippen molar-refractivity contribution < 1.29 is 0 Å². The lowest BCUT2D eigenvalue weighted by Gasteiger charge is -1.95. The molecule has 0 nitrogen and oxygen atoms in total. The average Bonchev–Trinajstić information content (AvgIpc) is 2.06. The second-order valence-corrected chi connectivity index (χ2v) is 2.75. The molecule has 0 heterocycles. The fourth-order valence-electron chi connectivity index (χ4n) is 0.936. The van der Waals surface area contributed by atoms with E-state index in [1.54, 1.807) is 0 Å². The lowest BCUT2D eigenvalue weighted by Crippen LogP contribution is -1.73. The normalized spacial score (nSPS) is 11.6. The summed E-state index contributed by atoms with van der Waals surface area (Å²) in [5, 5.41) is 0. The third kappa shape index (κ3) is 2.58. The van der Waals surface area contributed by atoms with Gasteiger partial charge < -0.3 is 0 Å². The SMILES string of the molecule is CC/C(C)=C\c1ccccc1. The van der Waals surface area contributed by atoms with Gasteiger partial charge >= 0.3 is 0 Å². The third-order valence-corrected chi connectivity index (χ3v) is 1.77. The maximum atomic E-state index is 2.22. The fourth-order valence-corrected chi connectivity index (χ4v) is 0.936. The van der Waals surface area contributed by atoms with Crippen LogP contribution in [0.15, 0.2) is 35.9 Å². The molecule has 0 heteroatoms. The van der Waals surface area contributed by atoms with Gasteiger partial charge in [-0.3, -0.25) is 0 Å². The highest BCUT2D eigenvalue weighted by Crippen LogP contribution is 2.07. The van der Waals surface area contributed by atoms with Crippen molar-refractivity contribution in [2.24, 2.45) is 0 Å². The van der Waals surface area contributed by atoms with E-state index in [0.717, 1.165) is 6.42 Å². The van der Waals surface area contributed by atoms with Crippen molar-refractivity contribution in [2.75, 3.05) is 0 Å². The zero-order chi connectivity index (χ0) is 8.10. The Kier molecular flexibility index (Phi) is 2.91. The van der Waals surface area contributed by atoms with Crippen LogP contribution in [0.5, 0.6) is 0 Å². The summed E-state index contributed by atoms with van der Waals surface area (Å²) in [7, 11) is 0. The molecule has 0 aliphatic carbocycles. The maximum absolute atomic E-state index is 2.22. The molecular weight excluding hydrogens is 132 g/mol. The van der Waals surface area contributed by atoms with E-state index in [-0.39, 0.29) is 0 Å². The molecular formula is C11H14. The Balaban J connectivity index is 2.79. The van der Waals surface area contributed by atoms with Crippen molar-refractivity contribution in [2.45, 2.75) is 20.3 Å². The second-order valence-electron chi connectivity index (χ2n) is 2.75. The Morgan fingerprint density at radius 3 is 2.45 bits per heavy atom. The molecule has 0 aliphatic rings. The zero-order valence-corrected chi connectivity index (χ0v) is 7.17. The van der Waals surface area contributed by atoms with E-state index >= 15 is 0 Å². The molecule has 11 heavy (non-hydrogen) atoms. The molecule has 0 aliphatic heterocycles. The third-order valence-electron chi connectivity index (χ3n) is 1.77. The van der Waals surface area contributed by atoms with Crippen LogP contribution in [-0.2, 0) is 0 Å². The van der Waals surface area contributed by atoms with Gasteiger partial charge in [-0.25, -0.2) is 0 Å². The molecule has 0 spiro atoms. The van der Waals surface area contributed by atoms with Gasteiger partial charge in [0, 0.05) is 0 Å². The zero-order valence-electron chi connectivity index (χ0n) is 7.17. The highest BCUT2D eigenvalue weighted by atomic mass is 13.9. The minimum Gasteiger partial charge on any atom is -0.0730 e. The predicted octanol–water partition coefficient (Wildman–Crippen LogP) is 3.50. The number of rotatable bonds is 2. The van der Waals surface area contributed by atoms with Crippen molar-refractivity contribution in [1.29, 1.82) is 0 Å². The summed E-state index contributed by atoms with van der Waals surface area (Å²) < 4.78 is 0. The molecule has 0 N–H and O–H groups in total. The Labute approximate surface area is 68.6 Å². The Bertz CT molecular complexity index is 231. The first-order valence-electron chi connectivity index (χ1n) is 4.05. The highest BCUT2D eigenvalue weighted by Gasteiger charge is 1.85. The smallest absolute Gasteiger partial charge is 0.0257 e. The van der Waals surface area contributed by atoms with Crippen LogP contribution >= 0.6 is 0 Å². The first-order valence-corrected chi connectivity index (χ1v) is 4.05. The summed E-state index contributed by atoms with van der Waals surface area (Å²) in [6, 6.07) is 10.4. The van der Waals surface area contributed by atoms with E-state index in [1.165, 1.54) is 11.1 Å². The van der Waals surface area contributed by atoms with E-state index < -0.39 is 0 Å². The summed E-state index contributed by atoms with van der Waals surface area (Å²) in [5.41, 5.74) is 2.73. The van der Waals surface area contributed by atoms with E-state index in [0.29, 0.717) is 0 Å². The summed E-state index contributed by atoms with van der Waals surface area (Å²) in [4.78, 5) is 0. The van der Waals surface area contributed by atoms with Gasteiger partial charge in [0.1, 0.15) is 0 Å². The molecule has 58 valence electrons. The van der Waals surface area contributed by atoms with Gasteiger partial charge in [-0.15, -0.1) is 0 Å². The van der Waals surface area contributed by atoms with Crippen molar-refractivity contribution in [3.63, 3.8) is 0 Å². The number of allylic oxidation sites excluding steroid dienone is 1. The minimum atomic E-state index is 1.13. The predicted molar refractivity (Wildman–Crippen MR) is 50.4 cm³/mol. The van der Waals surface area contributed by atoms with Crippen molar-refractivity contribution in [3.8, 4) is 0 Å². The Morgan fingerprint density at radius 2 is 1.91 bits per heavy atom. The lowest BCUT2D eigenvalue weighted by molar-refractivity contribution is 1.11. The van der Waals surface area contributed by atoms with Crippen molar-refractivity contribution in [3.05, 3.63) is 41.5 Å².